The number of aryl methyl sites for hydroxylation is 1. The van der Waals surface area contributed by atoms with Crippen LogP contribution in [0, 0.1) is 6.92 Å². The molecule has 1 aromatic carbocycles. The lowest BCUT2D eigenvalue weighted by Crippen LogP contribution is -2.36. The SMILES string of the molecule is CCCNC(=O)CNc1ccc(C(=O)NC2CCCCC2)cc1C. The lowest BCUT2D eigenvalue weighted by molar-refractivity contribution is -0.119. The predicted molar refractivity (Wildman–Crippen MR) is 97.3 cm³/mol. The Morgan fingerprint density at radius 2 is 1.92 bits per heavy atom. The summed E-state index contributed by atoms with van der Waals surface area (Å²) in [4.78, 5) is 24.0. The molecule has 1 saturated carbocycles. The van der Waals surface area contributed by atoms with Crippen LogP contribution in [0.5, 0.6) is 0 Å². The minimum absolute atomic E-state index is 0.00256. The summed E-state index contributed by atoms with van der Waals surface area (Å²) in [6.07, 6.45) is 6.77. The van der Waals surface area contributed by atoms with E-state index < -0.39 is 0 Å². The Morgan fingerprint density at radius 3 is 2.58 bits per heavy atom. The fourth-order valence-electron chi connectivity index (χ4n) is 3.02. The second-order valence-electron chi connectivity index (χ2n) is 6.54. The molecule has 3 N–H and O–H groups in total. The third-order valence-corrected chi connectivity index (χ3v) is 4.44. The highest BCUT2D eigenvalue weighted by Gasteiger charge is 2.17. The maximum absolute atomic E-state index is 12.4. The van der Waals surface area contributed by atoms with Crippen LogP contribution >= 0.6 is 0 Å². The summed E-state index contributed by atoms with van der Waals surface area (Å²) in [5.74, 6) is -0.0207. The average Bonchev–Trinajstić information content (AvgIpc) is 2.59. The van der Waals surface area contributed by atoms with Crippen molar-refractivity contribution < 1.29 is 9.59 Å². The Labute approximate surface area is 144 Å². The van der Waals surface area contributed by atoms with E-state index in [0.29, 0.717) is 18.2 Å². The minimum atomic E-state index is -0.0182. The summed E-state index contributed by atoms with van der Waals surface area (Å²) in [7, 11) is 0. The lowest BCUT2D eigenvalue weighted by atomic mass is 9.95. The highest BCUT2D eigenvalue weighted by molar-refractivity contribution is 5.95. The summed E-state index contributed by atoms with van der Waals surface area (Å²) in [6, 6.07) is 5.88. The molecule has 0 aromatic heterocycles. The summed E-state index contributed by atoms with van der Waals surface area (Å²) < 4.78 is 0. The van der Waals surface area contributed by atoms with E-state index in [1.807, 2.05) is 32.0 Å². The topological polar surface area (TPSA) is 70.2 Å². The number of nitrogens with one attached hydrogen (secondary N) is 3. The summed E-state index contributed by atoms with van der Waals surface area (Å²) in [5.41, 5.74) is 2.53. The van der Waals surface area contributed by atoms with Gasteiger partial charge in [-0.25, -0.2) is 0 Å². The van der Waals surface area contributed by atoms with Crippen LogP contribution in [-0.4, -0.2) is 30.9 Å². The van der Waals surface area contributed by atoms with Crippen molar-refractivity contribution in [2.45, 2.75) is 58.4 Å². The second kappa shape index (κ2) is 9.30. The average molecular weight is 331 g/mol. The van der Waals surface area contributed by atoms with Gasteiger partial charge in [0.15, 0.2) is 0 Å². The molecule has 1 aromatic rings. The van der Waals surface area contributed by atoms with Gasteiger partial charge in [-0.3, -0.25) is 9.59 Å². The van der Waals surface area contributed by atoms with Gasteiger partial charge in [0, 0.05) is 23.8 Å². The fourth-order valence-corrected chi connectivity index (χ4v) is 3.02. The van der Waals surface area contributed by atoms with Gasteiger partial charge in [0.05, 0.1) is 6.54 Å². The molecule has 1 aliphatic rings. The van der Waals surface area contributed by atoms with Crippen LogP contribution in [0.4, 0.5) is 5.69 Å². The number of amides is 2. The van der Waals surface area contributed by atoms with E-state index in [4.69, 9.17) is 0 Å². The molecule has 5 nitrogen and oxygen atoms in total. The van der Waals surface area contributed by atoms with Gasteiger partial charge in [0.25, 0.3) is 5.91 Å². The molecule has 0 saturated heterocycles. The first-order chi connectivity index (χ1) is 11.6. The highest BCUT2D eigenvalue weighted by atomic mass is 16.2. The van der Waals surface area contributed by atoms with Crippen LogP contribution in [0.2, 0.25) is 0 Å². The first-order valence-corrected chi connectivity index (χ1v) is 9.02. The van der Waals surface area contributed by atoms with Crippen molar-refractivity contribution in [3.63, 3.8) is 0 Å². The predicted octanol–water partition coefficient (Wildman–Crippen LogP) is 3.00. The zero-order valence-electron chi connectivity index (χ0n) is 14.8. The zero-order chi connectivity index (χ0) is 17.4. The van der Waals surface area contributed by atoms with Gasteiger partial charge in [-0.2, -0.15) is 0 Å². The summed E-state index contributed by atoms with van der Waals surface area (Å²) in [5, 5.41) is 9.09. The normalized spacial score (nSPS) is 14.9. The maximum atomic E-state index is 12.4. The van der Waals surface area contributed by atoms with E-state index in [2.05, 4.69) is 16.0 Å². The van der Waals surface area contributed by atoms with E-state index in [-0.39, 0.29) is 18.4 Å². The number of hydrogen-bond donors (Lipinski definition) is 3. The van der Waals surface area contributed by atoms with Crippen LogP contribution in [0.15, 0.2) is 18.2 Å². The van der Waals surface area contributed by atoms with Crippen molar-refractivity contribution in [2.24, 2.45) is 0 Å². The molecular weight excluding hydrogens is 302 g/mol. The molecule has 0 aliphatic heterocycles. The Hall–Kier alpha value is -2.04. The Morgan fingerprint density at radius 1 is 1.17 bits per heavy atom. The van der Waals surface area contributed by atoms with Gasteiger partial charge in [-0.1, -0.05) is 26.2 Å². The molecule has 24 heavy (non-hydrogen) atoms. The van der Waals surface area contributed by atoms with Gasteiger partial charge in [-0.15, -0.1) is 0 Å². The molecule has 1 fully saturated rings. The van der Waals surface area contributed by atoms with Crippen molar-refractivity contribution in [1.82, 2.24) is 10.6 Å². The zero-order valence-corrected chi connectivity index (χ0v) is 14.8. The van der Waals surface area contributed by atoms with Crippen molar-refractivity contribution in [1.29, 1.82) is 0 Å². The van der Waals surface area contributed by atoms with Crippen LogP contribution in [0.3, 0.4) is 0 Å². The number of carbonyl (C=O) groups excluding carboxylic acids is 2. The van der Waals surface area contributed by atoms with Crippen LogP contribution in [0.25, 0.3) is 0 Å². The van der Waals surface area contributed by atoms with E-state index in [1.165, 1.54) is 19.3 Å². The molecule has 0 heterocycles. The molecule has 0 bridgehead atoms. The standard InChI is InChI=1S/C19H29N3O2/c1-3-11-20-18(23)13-21-17-10-9-15(12-14(17)2)19(24)22-16-7-5-4-6-8-16/h9-10,12,16,21H,3-8,11,13H2,1-2H3,(H,20,23)(H,22,24). The monoisotopic (exact) mass is 331 g/mol. The van der Waals surface area contributed by atoms with Crippen LogP contribution in [0.1, 0.15) is 61.4 Å². The lowest BCUT2D eigenvalue weighted by Gasteiger charge is -2.23. The second-order valence-corrected chi connectivity index (χ2v) is 6.54. The van der Waals surface area contributed by atoms with Crippen molar-refractivity contribution in [3.05, 3.63) is 29.3 Å². The van der Waals surface area contributed by atoms with Gasteiger partial charge in [-0.05, 0) is 49.9 Å². The van der Waals surface area contributed by atoms with Gasteiger partial charge in [0.2, 0.25) is 5.91 Å². The summed E-state index contributed by atoms with van der Waals surface area (Å²) >= 11 is 0. The van der Waals surface area contributed by atoms with Crippen molar-refractivity contribution in [3.8, 4) is 0 Å². The molecule has 0 atom stereocenters. The maximum Gasteiger partial charge on any atom is 0.251 e. The summed E-state index contributed by atoms with van der Waals surface area (Å²) in [6.45, 7) is 4.91. The highest BCUT2D eigenvalue weighted by Crippen LogP contribution is 2.19. The van der Waals surface area contributed by atoms with Crippen LogP contribution in [-0.2, 0) is 4.79 Å². The largest absolute Gasteiger partial charge is 0.376 e. The molecule has 0 unspecified atom stereocenters. The number of anilines is 1. The first kappa shape index (κ1) is 18.3. The number of benzene rings is 1. The van der Waals surface area contributed by atoms with Crippen LogP contribution < -0.4 is 16.0 Å². The van der Waals surface area contributed by atoms with E-state index >= 15 is 0 Å². The molecule has 5 heteroatoms. The number of carbonyl (C=O) groups is 2. The van der Waals surface area contributed by atoms with Crippen molar-refractivity contribution in [2.75, 3.05) is 18.4 Å². The Bertz CT molecular complexity index is 566. The fraction of sp³-hybridized carbons (Fsp3) is 0.579. The van der Waals surface area contributed by atoms with Gasteiger partial charge in [0.1, 0.15) is 0 Å². The third kappa shape index (κ3) is 5.55. The molecule has 0 spiro atoms. The van der Waals surface area contributed by atoms with E-state index in [9.17, 15) is 9.59 Å². The van der Waals surface area contributed by atoms with Crippen molar-refractivity contribution >= 4 is 17.5 Å². The Balaban J connectivity index is 1.88. The minimum Gasteiger partial charge on any atom is -0.376 e. The number of hydrogen-bond acceptors (Lipinski definition) is 3. The molecule has 0 radical (unpaired) electrons. The molecule has 2 rings (SSSR count). The van der Waals surface area contributed by atoms with E-state index in [0.717, 1.165) is 30.5 Å². The molecular formula is C19H29N3O2. The quantitative estimate of drug-likeness (QED) is 0.719. The molecule has 2 amide bonds. The molecule has 1 aliphatic carbocycles. The smallest absolute Gasteiger partial charge is 0.251 e. The third-order valence-electron chi connectivity index (χ3n) is 4.44. The van der Waals surface area contributed by atoms with Gasteiger partial charge < -0.3 is 16.0 Å². The van der Waals surface area contributed by atoms with Gasteiger partial charge >= 0.3 is 0 Å². The molecule has 132 valence electrons. The Kier molecular flexibility index (Phi) is 7.09. The van der Waals surface area contributed by atoms with E-state index in [1.54, 1.807) is 0 Å². The first-order valence-electron chi connectivity index (χ1n) is 9.02. The number of rotatable bonds is 7.